The number of esters is 1. The van der Waals surface area contributed by atoms with E-state index in [0.717, 1.165) is 36.8 Å². The van der Waals surface area contributed by atoms with Gasteiger partial charge in [-0.05, 0) is 68.3 Å². The maximum absolute atomic E-state index is 13.0. The first-order valence-corrected chi connectivity index (χ1v) is 10.5. The van der Waals surface area contributed by atoms with Crippen LogP contribution in [0.2, 0.25) is 0 Å². The van der Waals surface area contributed by atoms with E-state index in [1.54, 1.807) is 19.1 Å². The second kappa shape index (κ2) is 9.75. The molecule has 1 aliphatic heterocycles. The van der Waals surface area contributed by atoms with Gasteiger partial charge in [-0.25, -0.2) is 4.79 Å². The molecule has 2 fully saturated rings. The van der Waals surface area contributed by atoms with Crippen LogP contribution >= 0.6 is 12.4 Å². The molecule has 2 atom stereocenters. The summed E-state index contributed by atoms with van der Waals surface area (Å²) in [6.07, 6.45) is 4.47. The lowest BCUT2D eigenvalue weighted by Gasteiger charge is -2.30. The minimum Gasteiger partial charge on any atom is -0.460 e. The molecular formula is C23H28ClNO5. The minimum atomic E-state index is -0.481. The van der Waals surface area contributed by atoms with Gasteiger partial charge in [0, 0.05) is 24.6 Å². The first-order chi connectivity index (χ1) is 14.0. The number of furan rings is 1. The van der Waals surface area contributed by atoms with Crippen LogP contribution in [0.1, 0.15) is 55.1 Å². The Morgan fingerprint density at radius 2 is 1.93 bits per heavy atom. The third-order valence-corrected chi connectivity index (χ3v) is 6.25. The van der Waals surface area contributed by atoms with Crippen LogP contribution in [0.5, 0.6) is 0 Å². The van der Waals surface area contributed by atoms with Crippen molar-refractivity contribution in [3.63, 3.8) is 0 Å². The zero-order valence-corrected chi connectivity index (χ0v) is 18.0. The van der Waals surface area contributed by atoms with Crippen LogP contribution in [0.15, 0.2) is 28.7 Å². The van der Waals surface area contributed by atoms with Crippen LogP contribution in [0.4, 0.5) is 0 Å². The van der Waals surface area contributed by atoms with Gasteiger partial charge in [-0.1, -0.05) is 6.07 Å². The second-order valence-electron chi connectivity index (χ2n) is 8.11. The van der Waals surface area contributed by atoms with Gasteiger partial charge in [-0.15, -0.1) is 12.4 Å². The molecule has 1 saturated heterocycles. The number of Topliss-reactive ketones (excluding diaryl/α,β-unsaturated/α-hetero) is 2. The highest BCUT2D eigenvalue weighted by Crippen LogP contribution is 2.35. The lowest BCUT2D eigenvalue weighted by molar-refractivity contribution is -0.122. The molecular weight excluding hydrogens is 406 g/mol. The molecule has 0 radical (unpaired) electrons. The van der Waals surface area contributed by atoms with E-state index in [9.17, 15) is 14.4 Å². The van der Waals surface area contributed by atoms with Crippen LogP contribution in [-0.4, -0.2) is 36.7 Å². The summed E-state index contributed by atoms with van der Waals surface area (Å²) < 4.78 is 10.5. The van der Waals surface area contributed by atoms with E-state index in [1.807, 2.05) is 12.1 Å². The Balaban J connectivity index is 0.00000256. The summed E-state index contributed by atoms with van der Waals surface area (Å²) in [5, 5.41) is 4.18. The fourth-order valence-corrected chi connectivity index (χ4v) is 4.79. The minimum absolute atomic E-state index is 0. The van der Waals surface area contributed by atoms with Gasteiger partial charge >= 0.3 is 5.97 Å². The van der Waals surface area contributed by atoms with Crippen molar-refractivity contribution in [3.05, 3.63) is 35.6 Å². The summed E-state index contributed by atoms with van der Waals surface area (Å²) in [5.41, 5.74) is 1.51. The van der Waals surface area contributed by atoms with Crippen LogP contribution in [-0.2, 0) is 20.7 Å². The quantitative estimate of drug-likeness (QED) is 0.696. The molecule has 0 spiro atoms. The van der Waals surface area contributed by atoms with E-state index in [4.69, 9.17) is 9.15 Å². The number of carbonyl (C=O) groups excluding carboxylic acids is 3. The number of carbonyl (C=O) groups is 3. The molecule has 0 bridgehead atoms. The smallest absolute Gasteiger partial charge is 0.374 e. The Morgan fingerprint density at radius 1 is 1.17 bits per heavy atom. The van der Waals surface area contributed by atoms with Crippen molar-refractivity contribution in [1.29, 1.82) is 0 Å². The second-order valence-corrected chi connectivity index (χ2v) is 8.11. The topological polar surface area (TPSA) is 85.6 Å². The fraction of sp³-hybridized carbons (Fsp3) is 0.522. The van der Waals surface area contributed by atoms with Gasteiger partial charge in [0.15, 0.2) is 5.78 Å². The van der Waals surface area contributed by atoms with E-state index in [1.165, 1.54) is 0 Å². The summed E-state index contributed by atoms with van der Waals surface area (Å²) in [6.45, 7) is 2.90. The standard InChI is InChI=1S/C23H27NO5.ClH/c1-2-28-23(27)21-13-16-11-14(3-8-20(16)29-21)12-19(26)22-18(9-10-24-22)15-4-6-17(25)7-5-15;/h3,8,11,13,15,18,22,24H,2,4-7,9-10,12H2,1H3;1H/t18-,22-;/m1./s1. The molecule has 1 saturated carbocycles. The zero-order valence-electron chi connectivity index (χ0n) is 17.1. The van der Waals surface area contributed by atoms with E-state index < -0.39 is 5.97 Å². The molecule has 1 N–H and O–H groups in total. The number of ether oxygens (including phenoxy) is 1. The van der Waals surface area contributed by atoms with Gasteiger partial charge < -0.3 is 14.5 Å². The third-order valence-electron chi connectivity index (χ3n) is 6.25. The first-order valence-electron chi connectivity index (χ1n) is 10.5. The molecule has 4 rings (SSSR count). The van der Waals surface area contributed by atoms with Crippen LogP contribution in [0, 0.1) is 11.8 Å². The predicted octanol–water partition coefficient (Wildman–Crippen LogP) is 3.88. The molecule has 1 aromatic carbocycles. The molecule has 2 heterocycles. The van der Waals surface area contributed by atoms with Crippen molar-refractivity contribution < 1.29 is 23.5 Å². The highest BCUT2D eigenvalue weighted by molar-refractivity contribution is 5.93. The van der Waals surface area contributed by atoms with Crippen molar-refractivity contribution in [2.24, 2.45) is 11.8 Å². The van der Waals surface area contributed by atoms with E-state index in [0.29, 0.717) is 49.1 Å². The van der Waals surface area contributed by atoms with Gasteiger partial charge in [0.1, 0.15) is 11.4 Å². The number of ketones is 2. The predicted molar refractivity (Wildman–Crippen MR) is 115 cm³/mol. The Kier molecular flexibility index (Phi) is 7.32. The normalized spacial score (nSPS) is 22.1. The summed E-state index contributed by atoms with van der Waals surface area (Å²) in [6, 6.07) is 7.11. The van der Waals surface area contributed by atoms with Crippen molar-refractivity contribution in [2.75, 3.05) is 13.2 Å². The Labute approximate surface area is 182 Å². The Bertz CT molecular complexity index is 927. The molecule has 0 unspecified atom stereocenters. The summed E-state index contributed by atoms with van der Waals surface area (Å²) >= 11 is 0. The molecule has 0 amide bonds. The first kappa shape index (κ1) is 22.5. The molecule has 2 aromatic rings. The molecule has 1 aromatic heterocycles. The van der Waals surface area contributed by atoms with Crippen molar-refractivity contribution >= 4 is 40.9 Å². The Hall–Kier alpha value is -2.18. The lowest BCUT2D eigenvalue weighted by Crippen LogP contribution is -2.40. The van der Waals surface area contributed by atoms with E-state index in [-0.39, 0.29) is 30.0 Å². The van der Waals surface area contributed by atoms with Crippen molar-refractivity contribution in [2.45, 2.75) is 51.5 Å². The fourth-order valence-electron chi connectivity index (χ4n) is 4.79. The molecule has 7 heteroatoms. The van der Waals surface area contributed by atoms with E-state index in [2.05, 4.69) is 5.32 Å². The summed E-state index contributed by atoms with van der Waals surface area (Å²) in [5.74, 6) is 1.02. The number of nitrogens with one attached hydrogen (secondary N) is 1. The number of fused-ring (bicyclic) bond motifs is 1. The van der Waals surface area contributed by atoms with Crippen molar-refractivity contribution in [3.8, 4) is 0 Å². The molecule has 30 heavy (non-hydrogen) atoms. The van der Waals surface area contributed by atoms with Crippen LogP contribution in [0.3, 0.4) is 0 Å². The lowest BCUT2D eigenvalue weighted by atomic mass is 9.75. The van der Waals surface area contributed by atoms with Gasteiger partial charge in [0.25, 0.3) is 0 Å². The van der Waals surface area contributed by atoms with E-state index >= 15 is 0 Å². The highest BCUT2D eigenvalue weighted by atomic mass is 35.5. The molecule has 162 valence electrons. The average Bonchev–Trinajstić information content (AvgIpc) is 3.35. The third kappa shape index (κ3) is 4.76. The number of hydrogen-bond acceptors (Lipinski definition) is 6. The maximum atomic E-state index is 13.0. The monoisotopic (exact) mass is 433 g/mol. The molecule has 1 aliphatic carbocycles. The Morgan fingerprint density at radius 3 is 2.67 bits per heavy atom. The summed E-state index contributed by atoms with van der Waals surface area (Å²) in [4.78, 5) is 36.4. The van der Waals surface area contributed by atoms with Crippen LogP contribution < -0.4 is 5.32 Å². The summed E-state index contributed by atoms with van der Waals surface area (Å²) in [7, 11) is 0. The molecule has 6 nitrogen and oxygen atoms in total. The van der Waals surface area contributed by atoms with Gasteiger partial charge in [0.05, 0.1) is 12.6 Å². The van der Waals surface area contributed by atoms with Gasteiger partial charge in [-0.3, -0.25) is 9.59 Å². The number of halogens is 1. The largest absolute Gasteiger partial charge is 0.460 e. The van der Waals surface area contributed by atoms with Crippen molar-refractivity contribution in [1.82, 2.24) is 5.32 Å². The molecule has 2 aliphatic rings. The average molecular weight is 434 g/mol. The van der Waals surface area contributed by atoms with Gasteiger partial charge in [0.2, 0.25) is 5.76 Å². The SMILES string of the molecule is CCOC(=O)c1cc2cc(CC(=O)[C@@H]3NCC[C@@H]3C3CCC(=O)CC3)ccc2o1.Cl. The number of hydrogen-bond donors (Lipinski definition) is 1. The highest BCUT2D eigenvalue weighted by Gasteiger charge is 2.38. The van der Waals surface area contributed by atoms with Crippen LogP contribution in [0.25, 0.3) is 11.0 Å². The van der Waals surface area contributed by atoms with Gasteiger partial charge in [-0.2, -0.15) is 0 Å². The number of rotatable bonds is 6. The number of benzene rings is 1. The zero-order chi connectivity index (χ0) is 20.4. The maximum Gasteiger partial charge on any atom is 0.374 e.